The van der Waals surface area contributed by atoms with Gasteiger partial charge in [0.15, 0.2) is 0 Å². The fourth-order valence-electron chi connectivity index (χ4n) is 2.37. The Labute approximate surface area is 157 Å². The molecule has 0 spiro atoms. The van der Waals surface area contributed by atoms with Crippen LogP contribution < -0.4 is 10.6 Å². The van der Waals surface area contributed by atoms with Gasteiger partial charge in [-0.1, -0.05) is 11.6 Å². The van der Waals surface area contributed by atoms with Crippen LogP contribution in [-0.2, 0) is 0 Å². The minimum Gasteiger partial charge on any atom is -0.394 e. The van der Waals surface area contributed by atoms with Gasteiger partial charge in [0.05, 0.1) is 12.3 Å². The minimum atomic E-state index is -0.162. The van der Waals surface area contributed by atoms with Crippen LogP contribution in [0.5, 0.6) is 0 Å². The number of aromatic nitrogens is 3. The van der Waals surface area contributed by atoms with Gasteiger partial charge in [-0.25, -0.2) is 4.98 Å². The molecular formula is C19H20ClN5O. The molecule has 0 aliphatic carbocycles. The molecule has 26 heavy (non-hydrogen) atoms. The molecule has 1 aromatic carbocycles. The zero-order valence-corrected chi connectivity index (χ0v) is 15.3. The van der Waals surface area contributed by atoms with Gasteiger partial charge in [0.25, 0.3) is 0 Å². The molecule has 0 unspecified atom stereocenters. The van der Waals surface area contributed by atoms with Gasteiger partial charge in [0.1, 0.15) is 5.82 Å². The number of hydrogen-bond acceptors (Lipinski definition) is 6. The van der Waals surface area contributed by atoms with E-state index in [1.807, 2.05) is 50.2 Å². The summed E-state index contributed by atoms with van der Waals surface area (Å²) in [5, 5.41) is 16.4. The van der Waals surface area contributed by atoms with Crippen LogP contribution in [0.2, 0.25) is 5.02 Å². The first-order chi connectivity index (χ1) is 12.5. The van der Waals surface area contributed by atoms with E-state index >= 15 is 0 Å². The number of rotatable bonds is 6. The van der Waals surface area contributed by atoms with E-state index in [4.69, 9.17) is 11.6 Å². The van der Waals surface area contributed by atoms with E-state index < -0.39 is 0 Å². The number of nitrogens with one attached hydrogen (secondary N) is 2. The topological polar surface area (TPSA) is 83.0 Å². The molecule has 0 bridgehead atoms. The van der Waals surface area contributed by atoms with Crippen molar-refractivity contribution in [1.29, 1.82) is 0 Å². The Hall–Kier alpha value is -2.70. The molecule has 3 aromatic rings. The molecule has 0 saturated heterocycles. The quantitative estimate of drug-likeness (QED) is 0.608. The monoisotopic (exact) mass is 369 g/mol. The zero-order valence-electron chi connectivity index (χ0n) is 14.6. The van der Waals surface area contributed by atoms with E-state index in [2.05, 4.69) is 25.6 Å². The fraction of sp³-hybridized carbons (Fsp3) is 0.211. The first-order valence-corrected chi connectivity index (χ1v) is 8.63. The molecule has 0 radical (unpaired) electrons. The van der Waals surface area contributed by atoms with Gasteiger partial charge in [0, 0.05) is 40.8 Å². The average molecular weight is 370 g/mol. The van der Waals surface area contributed by atoms with Gasteiger partial charge >= 0.3 is 0 Å². The third-order valence-corrected chi connectivity index (χ3v) is 4.19. The van der Waals surface area contributed by atoms with Crippen molar-refractivity contribution in [2.45, 2.75) is 19.9 Å². The summed E-state index contributed by atoms with van der Waals surface area (Å²) in [6.45, 7) is 3.79. The Balaban J connectivity index is 1.97. The van der Waals surface area contributed by atoms with E-state index in [9.17, 15) is 5.11 Å². The summed E-state index contributed by atoms with van der Waals surface area (Å²) in [7, 11) is 0. The smallest absolute Gasteiger partial charge is 0.225 e. The number of aliphatic hydroxyl groups excluding tert-OH is 1. The number of halogens is 1. The summed E-state index contributed by atoms with van der Waals surface area (Å²) in [5.41, 5.74) is 3.47. The van der Waals surface area contributed by atoms with Crippen molar-refractivity contribution in [3.8, 4) is 11.3 Å². The summed E-state index contributed by atoms with van der Waals surface area (Å²) >= 11 is 6.09. The van der Waals surface area contributed by atoms with E-state index in [0.717, 1.165) is 22.5 Å². The average Bonchev–Trinajstić information content (AvgIpc) is 2.65. The van der Waals surface area contributed by atoms with Crippen LogP contribution in [0.4, 0.5) is 17.5 Å². The molecule has 2 aromatic heterocycles. The second-order valence-corrected chi connectivity index (χ2v) is 6.43. The summed E-state index contributed by atoms with van der Waals surface area (Å²) in [6, 6.07) is 11.2. The molecule has 0 saturated carbocycles. The molecule has 0 amide bonds. The van der Waals surface area contributed by atoms with E-state index in [1.54, 1.807) is 12.4 Å². The Morgan fingerprint density at radius 2 is 2.04 bits per heavy atom. The minimum absolute atomic E-state index is 0.0143. The maximum atomic E-state index is 9.29. The zero-order chi connectivity index (χ0) is 18.5. The van der Waals surface area contributed by atoms with Crippen molar-refractivity contribution >= 4 is 29.1 Å². The van der Waals surface area contributed by atoms with E-state index in [1.165, 1.54) is 0 Å². The number of nitrogens with zero attached hydrogens (tertiary/aromatic N) is 3. The normalized spacial score (nSPS) is 11.8. The predicted octanol–water partition coefficient (Wildman–Crippen LogP) is 4.04. The number of hydrogen-bond donors (Lipinski definition) is 3. The van der Waals surface area contributed by atoms with Crippen LogP contribution in [-0.4, -0.2) is 32.7 Å². The summed E-state index contributed by atoms with van der Waals surface area (Å²) in [4.78, 5) is 13.2. The third kappa shape index (κ3) is 4.47. The number of benzene rings is 1. The number of aryl methyl sites for hydroxylation is 1. The van der Waals surface area contributed by atoms with Gasteiger partial charge in [-0.05, 0) is 49.7 Å². The Morgan fingerprint density at radius 1 is 1.19 bits per heavy atom. The standard InChI is InChI=1S/C19H20ClN5O/c1-12-8-15(5-6-16(12)20)23-18-9-17(14-4-3-7-21-10-14)24-19(25-18)22-13(2)11-26/h3-10,13,26H,11H2,1-2H3,(H2,22,23,24,25)/t13-/m0/s1. The molecule has 1 atom stereocenters. The lowest BCUT2D eigenvalue weighted by Gasteiger charge is -2.14. The SMILES string of the molecule is Cc1cc(Nc2cc(-c3cccnc3)nc(N[C@@H](C)CO)n2)ccc1Cl. The second-order valence-electron chi connectivity index (χ2n) is 6.02. The highest BCUT2D eigenvalue weighted by molar-refractivity contribution is 6.31. The van der Waals surface area contributed by atoms with E-state index in [0.29, 0.717) is 16.8 Å². The number of pyridine rings is 1. The van der Waals surface area contributed by atoms with Crippen molar-refractivity contribution < 1.29 is 5.11 Å². The third-order valence-electron chi connectivity index (χ3n) is 3.76. The van der Waals surface area contributed by atoms with Crippen molar-refractivity contribution in [2.75, 3.05) is 17.2 Å². The maximum Gasteiger partial charge on any atom is 0.225 e. The molecule has 0 aliphatic rings. The Kier molecular flexibility index (Phi) is 5.65. The first kappa shape index (κ1) is 18.1. The Morgan fingerprint density at radius 3 is 2.73 bits per heavy atom. The van der Waals surface area contributed by atoms with Crippen molar-refractivity contribution in [3.05, 3.63) is 59.4 Å². The van der Waals surface area contributed by atoms with Gasteiger partial charge in [-0.3, -0.25) is 4.98 Å². The number of aliphatic hydroxyl groups is 1. The van der Waals surface area contributed by atoms with Crippen molar-refractivity contribution in [2.24, 2.45) is 0 Å². The van der Waals surface area contributed by atoms with Gasteiger partial charge in [-0.2, -0.15) is 4.98 Å². The van der Waals surface area contributed by atoms with Gasteiger partial charge < -0.3 is 15.7 Å². The molecule has 3 N–H and O–H groups in total. The summed E-state index contributed by atoms with van der Waals surface area (Å²) in [5.74, 6) is 1.06. The molecule has 0 fully saturated rings. The highest BCUT2D eigenvalue weighted by Crippen LogP contribution is 2.25. The summed E-state index contributed by atoms with van der Waals surface area (Å²) < 4.78 is 0. The molecule has 6 nitrogen and oxygen atoms in total. The van der Waals surface area contributed by atoms with Crippen LogP contribution in [0.15, 0.2) is 48.8 Å². The summed E-state index contributed by atoms with van der Waals surface area (Å²) in [6.07, 6.45) is 3.46. The van der Waals surface area contributed by atoms with Crippen LogP contribution in [0.25, 0.3) is 11.3 Å². The first-order valence-electron chi connectivity index (χ1n) is 8.25. The molecule has 0 aliphatic heterocycles. The number of anilines is 3. The lowest BCUT2D eigenvalue weighted by molar-refractivity contribution is 0.281. The molecule has 3 rings (SSSR count). The lowest BCUT2D eigenvalue weighted by Crippen LogP contribution is -2.21. The molecule has 7 heteroatoms. The molecule has 2 heterocycles. The van der Waals surface area contributed by atoms with Crippen molar-refractivity contribution in [3.63, 3.8) is 0 Å². The van der Waals surface area contributed by atoms with Crippen LogP contribution in [0.1, 0.15) is 12.5 Å². The molecular weight excluding hydrogens is 350 g/mol. The fourth-order valence-corrected chi connectivity index (χ4v) is 2.49. The largest absolute Gasteiger partial charge is 0.394 e. The molecule has 134 valence electrons. The predicted molar refractivity (Wildman–Crippen MR) is 105 cm³/mol. The van der Waals surface area contributed by atoms with Crippen LogP contribution in [0.3, 0.4) is 0 Å². The Bertz CT molecular complexity index is 888. The van der Waals surface area contributed by atoms with Gasteiger partial charge in [0.2, 0.25) is 5.95 Å². The maximum absolute atomic E-state index is 9.29. The van der Waals surface area contributed by atoms with Gasteiger partial charge in [-0.15, -0.1) is 0 Å². The lowest BCUT2D eigenvalue weighted by atomic mass is 10.2. The van der Waals surface area contributed by atoms with Crippen LogP contribution >= 0.6 is 11.6 Å². The highest BCUT2D eigenvalue weighted by atomic mass is 35.5. The van der Waals surface area contributed by atoms with Crippen LogP contribution in [0, 0.1) is 6.92 Å². The highest BCUT2D eigenvalue weighted by Gasteiger charge is 2.10. The second kappa shape index (κ2) is 8.12. The van der Waals surface area contributed by atoms with E-state index in [-0.39, 0.29) is 12.6 Å². The van der Waals surface area contributed by atoms with Crippen molar-refractivity contribution in [1.82, 2.24) is 15.0 Å².